The minimum atomic E-state index is -3.54. The molecule has 0 aromatic heterocycles. The topological polar surface area (TPSA) is 66.8 Å². The molecule has 1 aliphatic rings. The van der Waals surface area contributed by atoms with Crippen LogP contribution in [0.4, 0.5) is 0 Å². The summed E-state index contributed by atoms with van der Waals surface area (Å²) in [6.07, 6.45) is 0.428. The maximum Gasteiger partial charge on any atom is 0.243 e. The van der Waals surface area contributed by atoms with Gasteiger partial charge in [0.05, 0.1) is 24.2 Å². The van der Waals surface area contributed by atoms with Crippen LogP contribution >= 0.6 is 0 Å². The first-order valence-corrected chi connectivity index (χ1v) is 8.26. The van der Waals surface area contributed by atoms with Crippen LogP contribution in [0.5, 0.6) is 0 Å². The third-order valence-corrected chi connectivity index (χ3v) is 5.58. The van der Waals surface area contributed by atoms with Crippen LogP contribution in [0.2, 0.25) is 0 Å². The van der Waals surface area contributed by atoms with Gasteiger partial charge in [-0.25, -0.2) is 8.42 Å². The Morgan fingerprint density at radius 2 is 2.00 bits per heavy atom. The zero-order valence-electron chi connectivity index (χ0n) is 11.8. The maximum atomic E-state index is 12.6. The highest BCUT2D eigenvalue weighted by atomic mass is 32.2. The number of aliphatic hydroxyl groups excluding tert-OH is 1. The van der Waals surface area contributed by atoms with E-state index in [2.05, 4.69) is 0 Å². The number of rotatable bonds is 4. The van der Waals surface area contributed by atoms with E-state index in [1.54, 1.807) is 12.1 Å². The highest BCUT2D eigenvalue weighted by Crippen LogP contribution is 2.22. The van der Waals surface area contributed by atoms with E-state index in [4.69, 9.17) is 9.84 Å². The van der Waals surface area contributed by atoms with Gasteiger partial charge in [-0.15, -0.1) is 0 Å². The summed E-state index contributed by atoms with van der Waals surface area (Å²) >= 11 is 0. The number of hydrogen-bond donors (Lipinski definition) is 1. The minimum absolute atomic E-state index is 0.173. The summed E-state index contributed by atoms with van der Waals surface area (Å²) in [7, 11) is -3.54. The molecule has 1 aliphatic heterocycles. The standard InChI is InChI=1S/C14H21NO4S/c1-3-12-4-6-14(7-5-12)20(17,18)15-8-13(9-16)19-10-11(15)2/h4-7,11,13,16H,3,8-10H2,1-2H3. The monoisotopic (exact) mass is 299 g/mol. The van der Waals surface area contributed by atoms with E-state index in [1.807, 2.05) is 26.0 Å². The van der Waals surface area contributed by atoms with Gasteiger partial charge in [0.15, 0.2) is 0 Å². The molecule has 2 unspecified atom stereocenters. The molecule has 1 saturated heterocycles. The van der Waals surface area contributed by atoms with Gasteiger partial charge in [0.1, 0.15) is 0 Å². The number of sulfonamides is 1. The lowest BCUT2D eigenvalue weighted by Crippen LogP contribution is -2.51. The largest absolute Gasteiger partial charge is 0.394 e. The van der Waals surface area contributed by atoms with Gasteiger partial charge in [-0.1, -0.05) is 19.1 Å². The van der Waals surface area contributed by atoms with E-state index in [9.17, 15) is 8.42 Å². The van der Waals surface area contributed by atoms with Crippen molar-refractivity contribution in [3.8, 4) is 0 Å². The molecule has 0 amide bonds. The van der Waals surface area contributed by atoms with E-state index in [1.165, 1.54) is 4.31 Å². The van der Waals surface area contributed by atoms with Gasteiger partial charge in [-0.05, 0) is 31.0 Å². The van der Waals surface area contributed by atoms with Crippen molar-refractivity contribution in [1.82, 2.24) is 4.31 Å². The van der Waals surface area contributed by atoms with Crippen LogP contribution in [0.25, 0.3) is 0 Å². The van der Waals surface area contributed by atoms with Gasteiger partial charge in [0.25, 0.3) is 0 Å². The zero-order valence-corrected chi connectivity index (χ0v) is 12.6. The Balaban J connectivity index is 2.27. The van der Waals surface area contributed by atoms with Crippen LogP contribution in [-0.4, -0.2) is 49.7 Å². The molecule has 112 valence electrons. The fourth-order valence-corrected chi connectivity index (χ4v) is 3.92. The lowest BCUT2D eigenvalue weighted by molar-refractivity contribution is -0.0516. The quantitative estimate of drug-likeness (QED) is 0.901. The number of hydrogen-bond acceptors (Lipinski definition) is 4. The average Bonchev–Trinajstić information content (AvgIpc) is 2.47. The molecule has 6 heteroatoms. The minimum Gasteiger partial charge on any atom is -0.394 e. The molecule has 5 nitrogen and oxygen atoms in total. The van der Waals surface area contributed by atoms with Gasteiger partial charge in [-0.3, -0.25) is 0 Å². The van der Waals surface area contributed by atoms with Gasteiger partial charge in [0, 0.05) is 12.6 Å². The van der Waals surface area contributed by atoms with Gasteiger partial charge in [-0.2, -0.15) is 4.31 Å². The summed E-state index contributed by atoms with van der Waals surface area (Å²) in [5.74, 6) is 0. The van der Waals surface area contributed by atoms with Crippen LogP contribution in [0.15, 0.2) is 29.2 Å². The Morgan fingerprint density at radius 3 is 2.55 bits per heavy atom. The summed E-state index contributed by atoms with van der Waals surface area (Å²) in [5.41, 5.74) is 1.10. The van der Waals surface area contributed by atoms with E-state index in [0.717, 1.165) is 12.0 Å². The number of morpholine rings is 1. The van der Waals surface area contributed by atoms with Crippen LogP contribution in [0.3, 0.4) is 0 Å². The SMILES string of the molecule is CCc1ccc(S(=O)(=O)N2CC(CO)OCC2C)cc1. The Morgan fingerprint density at radius 1 is 1.35 bits per heavy atom. The van der Waals surface area contributed by atoms with Crippen molar-refractivity contribution < 1.29 is 18.3 Å². The third-order valence-electron chi connectivity index (χ3n) is 3.59. The molecule has 1 N–H and O–H groups in total. The molecule has 1 aromatic carbocycles. The first-order chi connectivity index (χ1) is 9.48. The van der Waals surface area contributed by atoms with E-state index >= 15 is 0 Å². The Hall–Kier alpha value is -0.950. The molecule has 0 radical (unpaired) electrons. The Bertz CT molecular complexity index is 541. The molecule has 0 aliphatic carbocycles. The summed E-state index contributed by atoms with van der Waals surface area (Å²) in [6.45, 7) is 4.16. The van der Waals surface area contributed by atoms with Crippen molar-refractivity contribution in [2.45, 2.75) is 37.3 Å². The first-order valence-electron chi connectivity index (χ1n) is 6.82. The lowest BCUT2D eigenvalue weighted by atomic mass is 10.2. The van der Waals surface area contributed by atoms with Gasteiger partial charge < -0.3 is 9.84 Å². The molecule has 0 bridgehead atoms. The number of aryl methyl sites for hydroxylation is 1. The molecule has 2 atom stereocenters. The number of ether oxygens (including phenoxy) is 1. The molecule has 1 heterocycles. The molecule has 0 saturated carbocycles. The van der Waals surface area contributed by atoms with Crippen molar-refractivity contribution in [3.63, 3.8) is 0 Å². The van der Waals surface area contributed by atoms with E-state index in [-0.39, 0.29) is 19.2 Å². The summed E-state index contributed by atoms with van der Waals surface area (Å²) in [5, 5.41) is 9.15. The van der Waals surface area contributed by atoms with Crippen LogP contribution in [-0.2, 0) is 21.2 Å². The fourth-order valence-electron chi connectivity index (χ4n) is 2.27. The van der Waals surface area contributed by atoms with Crippen molar-refractivity contribution in [1.29, 1.82) is 0 Å². The van der Waals surface area contributed by atoms with Crippen molar-refractivity contribution in [2.75, 3.05) is 19.8 Å². The van der Waals surface area contributed by atoms with Crippen molar-refractivity contribution in [2.24, 2.45) is 0 Å². The van der Waals surface area contributed by atoms with Crippen molar-refractivity contribution in [3.05, 3.63) is 29.8 Å². The van der Waals surface area contributed by atoms with Crippen LogP contribution < -0.4 is 0 Å². The van der Waals surface area contributed by atoms with Gasteiger partial charge in [0.2, 0.25) is 10.0 Å². The maximum absolute atomic E-state index is 12.6. The Labute approximate surface area is 120 Å². The number of nitrogens with zero attached hydrogens (tertiary/aromatic N) is 1. The fraction of sp³-hybridized carbons (Fsp3) is 0.571. The molecule has 20 heavy (non-hydrogen) atoms. The van der Waals surface area contributed by atoms with Crippen molar-refractivity contribution >= 4 is 10.0 Å². The number of benzene rings is 1. The summed E-state index contributed by atoms with van der Waals surface area (Å²) < 4.78 is 32.1. The molecular weight excluding hydrogens is 278 g/mol. The lowest BCUT2D eigenvalue weighted by Gasteiger charge is -2.36. The summed E-state index contributed by atoms with van der Waals surface area (Å²) in [6, 6.07) is 6.73. The first kappa shape index (κ1) is 15.4. The normalized spacial score (nSPS) is 24.8. The third kappa shape index (κ3) is 3.03. The van der Waals surface area contributed by atoms with E-state index < -0.39 is 16.1 Å². The average molecular weight is 299 g/mol. The summed E-state index contributed by atoms with van der Waals surface area (Å²) in [4.78, 5) is 0.292. The predicted octanol–water partition coefficient (Wildman–Crippen LogP) is 1.02. The Kier molecular flexibility index (Phi) is 4.80. The smallest absolute Gasteiger partial charge is 0.243 e. The second-order valence-corrected chi connectivity index (χ2v) is 6.95. The molecule has 0 spiro atoms. The predicted molar refractivity (Wildman–Crippen MR) is 76.0 cm³/mol. The second-order valence-electron chi connectivity index (χ2n) is 5.06. The van der Waals surface area contributed by atoms with Gasteiger partial charge >= 0.3 is 0 Å². The highest BCUT2D eigenvalue weighted by Gasteiger charge is 2.35. The second kappa shape index (κ2) is 6.22. The van der Waals surface area contributed by atoms with Crippen LogP contribution in [0.1, 0.15) is 19.4 Å². The van der Waals surface area contributed by atoms with Crippen LogP contribution in [0, 0.1) is 0 Å². The molecule has 1 aromatic rings. The zero-order chi connectivity index (χ0) is 14.8. The molecule has 1 fully saturated rings. The van der Waals surface area contributed by atoms with E-state index in [0.29, 0.717) is 11.5 Å². The number of aliphatic hydroxyl groups is 1. The molecular formula is C14H21NO4S. The molecule has 2 rings (SSSR count). The highest BCUT2D eigenvalue weighted by molar-refractivity contribution is 7.89.